The van der Waals surface area contributed by atoms with Gasteiger partial charge in [0.2, 0.25) is 0 Å². The smallest absolute Gasteiger partial charge is 0.0369 e. The van der Waals surface area contributed by atoms with Crippen molar-refractivity contribution in [2.24, 2.45) is 0 Å². The van der Waals surface area contributed by atoms with Crippen molar-refractivity contribution >= 4 is 5.69 Å². The van der Waals surface area contributed by atoms with Gasteiger partial charge < -0.3 is 10.6 Å². The highest BCUT2D eigenvalue weighted by atomic mass is 15.0. The monoisotopic (exact) mass is 190 g/mol. The van der Waals surface area contributed by atoms with Crippen LogP contribution in [0.5, 0.6) is 0 Å². The van der Waals surface area contributed by atoms with Crippen LogP contribution in [0.4, 0.5) is 5.69 Å². The van der Waals surface area contributed by atoms with Crippen molar-refractivity contribution in [1.82, 2.24) is 5.32 Å². The number of hydrogen-bond acceptors (Lipinski definition) is 2. The molecule has 0 radical (unpaired) electrons. The Hall–Kier alpha value is -1.02. The molecule has 0 aliphatic carbocycles. The molecule has 0 amide bonds. The first-order valence-electron chi connectivity index (χ1n) is 5.32. The van der Waals surface area contributed by atoms with Gasteiger partial charge in [0.15, 0.2) is 0 Å². The molecule has 1 aliphatic rings. The average molecular weight is 190 g/mol. The summed E-state index contributed by atoms with van der Waals surface area (Å²) in [7, 11) is 0. The summed E-state index contributed by atoms with van der Waals surface area (Å²) in [6, 6.07) is 10.5. The largest absolute Gasteiger partial charge is 0.380 e. The fraction of sp³-hybridized carbons (Fsp3) is 0.500. The van der Waals surface area contributed by atoms with Gasteiger partial charge in [-0.3, -0.25) is 0 Å². The lowest BCUT2D eigenvalue weighted by atomic mass is 9.90. The maximum atomic E-state index is 3.62. The third-order valence-electron chi connectivity index (χ3n) is 2.93. The lowest BCUT2D eigenvalue weighted by Crippen LogP contribution is -2.45. The maximum absolute atomic E-state index is 3.62. The number of hydrogen-bond donors (Lipinski definition) is 2. The van der Waals surface area contributed by atoms with E-state index in [4.69, 9.17) is 0 Å². The van der Waals surface area contributed by atoms with Crippen molar-refractivity contribution in [3.8, 4) is 0 Å². The van der Waals surface area contributed by atoms with E-state index >= 15 is 0 Å². The molecule has 2 nitrogen and oxygen atoms in total. The fourth-order valence-electron chi connectivity index (χ4n) is 1.97. The minimum absolute atomic E-state index is 0.270. The number of rotatable bonds is 2. The molecule has 0 saturated carbocycles. The third-order valence-corrected chi connectivity index (χ3v) is 2.93. The Bertz CT molecular complexity index is 276. The molecule has 1 fully saturated rings. The van der Waals surface area contributed by atoms with E-state index in [-0.39, 0.29) is 5.54 Å². The molecule has 76 valence electrons. The van der Waals surface area contributed by atoms with Crippen LogP contribution in [-0.4, -0.2) is 18.6 Å². The number of benzene rings is 1. The minimum Gasteiger partial charge on any atom is -0.380 e. The summed E-state index contributed by atoms with van der Waals surface area (Å²) in [5.41, 5.74) is 1.50. The molecule has 1 aliphatic heterocycles. The Morgan fingerprint density at radius 3 is 2.43 bits per heavy atom. The Morgan fingerprint density at radius 1 is 1.14 bits per heavy atom. The number of piperidine rings is 1. The molecule has 0 unspecified atom stereocenters. The van der Waals surface area contributed by atoms with Crippen molar-refractivity contribution in [2.75, 3.05) is 18.4 Å². The quantitative estimate of drug-likeness (QED) is 0.747. The van der Waals surface area contributed by atoms with Gasteiger partial charge in [-0.2, -0.15) is 0 Å². The van der Waals surface area contributed by atoms with Crippen LogP contribution < -0.4 is 10.6 Å². The van der Waals surface area contributed by atoms with Crippen molar-refractivity contribution < 1.29 is 0 Å². The molecule has 0 spiro atoms. The summed E-state index contributed by atoms with van der Waals surface area (Å²) in [6.45, 7) is 4.55. The third kappa shape index (κ3) is 2.26. The Morgan fingerprint density at radius 2 is 1.79 bits per heavy atom. The zero-order valence-electron chi connectivity index (χ0n) is 8.72. The molecule has 1 aromatic rings. The first kappa shape index (κ1) is 9.53. The molecule has 14 heavy (non-hydrogen) atoms. The Labute approximate surface area is 85.7 Å². The standard InChI is InChI=1S/C12H18N2/c1-12(7-9-13-10-8-12)14-11-5-3-2-4-6-11/h2-6,13-14H,7-10H2,1H3. The van der Waals surface area contributed by atoms with Crippen LogP contribution in [0.15, 0.2) is 30.3 Å². The molecule has 1 aromatic carbocycles. The second-order valence-corrected chi connectivity index (χ2v) is 4.30. The van der Waals surface area contributed by atoms with Gasteiger partial charge in [-0.25, -0.2) is 0 Å². The van der Waals surface area contributed by atoms with Gasteiger partial charge in [0.1, 0.15) is 0 Å². The highest BCUT2D eigenvalue weighted by molar-refractivity contribution is 5.45. The molecular formula is C12H18N2. The Kier molecular flexibility index (Phi) is 2.73. The van der Waals surface area contributed by atoms with Crippen molar-refractivity contribution in [3.05, 3.63) is 30.3 Å². The van der Waals surface area contributed by atoms with Gasteiger partial charge in [0, 0.05) is 11.2 Å². The molecular weight excluding hydrogens is 172 g/mol. The molecule has 2 N–H and O–H groups in total. The van der Waals surface area contributed by atoms with Crippen molar-refractivity contribution in [2.45, 2.75) is 25.3 Å². The fourth-order valence-corrected chi connectivity index (χ4v) is 1.97. The number of para-hydroxylation sites is 1. The van der Waals surface area contributed by atoms with Gasteiger partial charge in [0.05, 0.1) is 0 Å². The van der Waals surface area contributed by atoms with E-state index < -0.39 is 0 Å². The predicted octanol–water partition coefficient (Wildman–Crippen LogP) is 2.24. The number of anilines is 1. The van der Waals surface area contributed by atoms with Gasteiger partial charge in [-0.1, -0.05) is 18.2 Å². The van der Waals surface area contributed by atoms with Gasteiger partial charge in [-0.15, -0.1) is 0 Å². The van der Waals surface area contributed by atoms with Crippen LogP contribution in [0, 0.1) is 0 Å². The molecule has 1 heterocycles. The lowest BCUT2D eigenvalue weighted by molar-refractivity contribution is 0.365. The molecule has 0 atom stereocenters. The van der Waals surface area contributed by atoms with E-state index in [1.165, 1.54) is 18.5 Å². The van der Waals surface area contributed by atoms with E-state index in [0.29, 0.717) is 0 Å². The highest BCUT2D eigenvalue weighted by Crippen LogP contribution is 2.23. The SMILES string of the molecule is CC1(Nc2ccccc2)CCNCC1. The summed E-state index contributed by atoms with van der Waals surface area (Å²) in [6.07, 6.45) is 2.39. The van der Waals surface area contributed by atoms with E-state index in [2.05, 4.69) is 47.9 Å². The summed E-state index contributed by atoms with van der Waals surface area (Å²) in [5, 5.41) is 7.00. The van der Waals surface area contributed by atoms with E-state index in [0.717, 1.165) is 13.1 Å². The maximum Gasteiger partial charge on any atom is 0.0369 e. The first-order chi connectivity index (χ1) is 6.79. The number of nitrogens with one attached hydrogen (secondary N) is 2. The second kappa shape index (κ2) is 4.01. The van der Waals surface area contributed by atoms with Crippen LogP contribution in [0.1, 0.15) is 19.8 Å². The van der Waals surface area contributed by atoms with E-state index in [1.807, 2.05) is 0 Å². The zero-order valence-corrected chi connectivity index (χ0v) is 8.72. The van der Waals surface area contributed by atoms with Gasteiger partial charge in [0.25, 0.3) is 0 Å². The summed E-state index contributed by atoms with van der Waals surface area (Å²) in [5.74, 6) is 0. The Balaban J connectivity index is 2.02. The molecule has 0 bridgehead atoms. The molecule has 2 heteroatoms. The summed E-state index contributed by atoms with van der Waals surface area (Å²) in [4.78, 5) is 0. The van der Waals surface area contributed by atoms with Crippen LogP contribution in [0.25, 0.3) is 0 Å². The predicted molar refractivity (Wildman–Crippen MR) is 60.6 cm³/mol. The summed E-state index contributed by atoms with van der Waals surface area (Å²) >= 11 is 0. The molecule has 2 rings (SSSR count). The van der Waals surface area contributed by atoms with Crippen LogP contribution in [-0.2, 0) is 0 Å². The van der Waals surface area contributed by atoms with Gasteiger partial charge in [-0.05, 0) is 45.0 Å². The van der Waals surface area contributed by atoms with E-state index in [9.17, 15) is 0 Å². The van der Waals surface area contributed by atoms with Gasteiger partial charge >= 0.3 is 0 Å². The lowest BCUT2D eigenvalue weighted by Gasteiger charge is -2.36. The van der Waals surface area contributed by atoms with Crippen LogP contribution in [0.3, 0.4) is 0 Å². The zero-order chi connectivity index (χ0) is 9.86. The van der Waals surface area contributed by atoms with Crippen molar-refractivity contribution in [1.29, 1.82) is 0 Å². The second-order valence-electron chi connectivity index (χ2n) is 4.30. The normalized spacial score (nSPS) is 20.4. The average Bonchev–Trinajstić information content (AvgIpc) is 2.19. The minimum atomic E-state index is 0.270. The van der Waals surface area contributed by atoms with Crippen LogP contribution >= 0.6 is 0 Å². The topological polar surface area (TPSA) is 24.1 Å². The van der Waals surface area contributed by atoms with E-state index in [1.54, 1.807) is 0 Å². The van der Waals surface area contributed by atoms with Crippen LogP contribution in [0.2, 0.25) is 0 Å². The molecule has 1 saturated heterocycles. The highest BCUT2D eigenvalue weighted by Gasteiger charge is 2.25. The summed E-state index contributed by atoms with van der Waals surface area (Å²) < 4.78 is 0. The molecule has 0 aromatic heterocycles. The first-order valence-corrected chi connectivity index (χ1v) is 5.32. The van der Waals surface area contributed by atoms with Crippen molar-refractivity contribution in [3.63, 3.8) is 0 Å².